The smallest absolute Gasteiger partial charge is 0.279 e. The van der Waals surface area contributed by atoms with Crippen molar-refractivity contribution in [3.8, 4) is 0 Å². The van der Waals surface area contributed by atoms with Crippen molar-refractivity contribution in [2.45, 2.75) is 17.9 Å². The average molecular weight is 334 g/mol. The van der Waals surface area contributed by atoms with Crippen LogP contribution in [0.1, 0.15) is 18.5 Å². The summed E-state index contributed by atoms with van der Waals surface area (Å²) in [5, 5.41) is 0. The Morgan fingerprint density at radius 1 is 1.33 bits per heavy atom. The van der Waals surface area contributed by atoms with Crippen LogP contribution in [0.2, 0.25) is 0 Å². The Bertz CT molecular complexity index is 572. The van der Waals surface area contributed by atoms with Crippen LogP contribution in [0.4, 0.5) is 0 Å². The first kappa shape index (κ1) is 18.2. The Balaban J connectivity index is 2.75. The second kappa shape index (κ2) is 8.00. The first-order valence-electron chi connectivity index (χ1n) is 6.44. The fourth-order valence-electron chi connectivity index (χ4n) is 1.67. The van der Waals surface area contributed by atoms with E-state index in [1.807, 2.05) is 0 Å². The summed E-state index contributed by atoms with van der Waals surface area (Å²) < 4.78 is 44.2. The predicted octanol–water partition coefficient (Wildman–Crippen LogP) is 0.898. The van der Waals surface area contributed by atoms with Crippen molar-refractivity contribution in [2.75, 3.05) is 33.6 Å². The Morgan fingerprint density at radius 3 is 2.38 bits per heavy atom. The summed E-state index contributed by atoms with van der Waals surface area (Å²) in [6, 6.07) is 6.66. The largest absolute Gasteiger partial charge is 0.383 e. The fraction of sp³-hybridized carbons (Fsp3) is 0.538. The van der Waals surface area contributed by atoms with Gasteiger partial charge in [0.05, 0.1) is 6.61 Å². The SMILES string of the molecule is COCCN(C)S(=O)(=O)N[C@H](C)c1ccc([S@@](C)=O)cc1. The molecule has 0 spiro atoms. The van der Waals surface area contributed by atoms with Crippen LogP contribution in [0.3, 0.4) is 0 Å². The molecule has 0 radical (unpaired) electrons. The number of nitrogens with zero attached hydrogens (tertiary/aromatic N) is 1. The zero-order chi connectivity index (χ0) is 16.0. The maximum atomic E-state index is 12.1. The first-order chi connectivity index (χ1) is 9.77. The third-order valence-corrected chi connectivity index (χ3v) is 5.65. The second-order valence-electron chi connectivity index (χ2n) is 4.68. The molecule has 120 valence electrons. The maximum absolute atomic E-state index is 12.1. The average Bonchev–Trinajstić information content (AvgIpc) is 2.44. The molecule has 0 unspecified atom stereocenters. The van der Waals surface area contributed by atoms with Crippen molar-refractivity contribution in [3.05, 3.63) is 29.8 Å². The van der Waals surface area contributed by atoms with Crippen LogP contribution in [-0.4, -0.2) is 50.5 Å². The molecule has 8 heteroatoms. The Morgan fingerprint density at radius 2 is 1.90 bits per heavy atom. The molecule has 2 atom stereocenters. The van der Waals surface area contributed by atoms with Crippen molar-refractivity contribution in [1.82, 2.24) is 9.03 Å². The monoisotopic (exact) mass is 334 g/mol. The van der Waals surface area contributed by atoms with Gasteiger partial charge in [0.15, 0.2) is 0 Å². The lowest BCUT2D eigenvalue weighted by Gasteiger charge is -2.21. The standard InChI is InChI=1S/C13H22N2O4S2/c1-11(12-5-7-13(8-6-12)20(4)16)14-21(17,18)15(2)9-10-19-3/h5-8,11,14H,9-10H2,1-4H3/t11-,20-/m1/s1. The highest BCUT2D eigenvalue weighted by Crippen LogP contribution is 2.16. The summed E-state index contributed by atoms with van der Waals surface area (Å²) in [7, 11) is -1.58. The lowest BCUT2D eigenvalue weighted by Crippen LogP contribution is -2.40. The van der Waals surface area contributed by atoms with Gasteiger partial charge < -0.3 is 4.74 Å². The molecule has 0 bridgehead atoms. The lowest BCUT2D eigenvalue weighted by atomic mass is 10.1. The van der Waals surface area contributed by atoms with Gasteiger partial charge in [0.25, 0.3) is 10.2 Å². The van der Waals surface area contributed by atoms with Crippen LogP contribution in [0, 0.1) is 0 Å². The number of ether oxygens (including phenoxy) is 1. The highest BCUT2D eigenvalue weighted by molar-refractivity contribution is 7.87. The molecule has 0 aliphatic rings. The molecule has 0 aromatic heterocycles. The van der Waals surface area contributed by atoms with Gasteiger partial charge in [-0.3, -0.25) is 4.21 Å². The number of rotatable bonds is 8. The van der Waals surface area contributed by atoms with Crippen LogP contribution < -0.4 is 4.72 Å². The third kappa shape index (κ3) is 5.48. The highest BCUT2D eigenvalue weighted by Gasteiger charge is 2.20. The molecule has 1 aromatic rings. The molecule has 0 fully saturated rings. The highest BCUT2D eigenvalue weighted by atomic mass is 32.2. The molecule has 6 nitrogen and oxygen atoms in total. The van der Waals surface area contributed by atoms with Crippen molar-refractivity contribution in [3.63, 3.8) is 0 Å². The number of benzene rings is 1. The third-order valence-electron chi connectivity index (χ3n) is 3.06. The fourth-order valence-corrected chi connectivity index (χ4v) is 3.27. The summed E-state index contributed by atoms with van der Waals surface area (Å²) in [6.07, 6.45) is 1.60. The van der Waals surface area contributed by atoms with E-state index in [0.29, 0.717) is 11.5 Å². The van der Waals surface area contributed by atoms with Crippen LogP contribution in [-0.2, 0) is 25.7 Å². The van der Waals surface area contributed by atoms with Crippen LogP contribution >= 0.6 is 0 Å². The van der Waals surface area contributed by atoms with E-state index in [1.54, 1.807) is 37.4 Å². The van der Waals surface area contributed by atoms with Crippen molar-refractivity contribution in [2.24, 2.45) is 0 Å². The van der Waals surface area contributed by atoms with E-state index in [-0.39, 0.29) is 12.6 Å². The molecular weight excluding hydrogens is 312 g/mol. The maximum Gasteiger partial charge on any atom is 0.279 e. The van der Waals surface area contributed by atoms with E-state index < -0.39 is 21.0 Å². The molecule has 0 saturated heterocycles. The van der Waals surface area contributed by atoms with Gasteiger partial charge in [0, 0.05) is 48.7 Å². The second-order valence-corrected chi connectivity index (χ2v) is 7.87. The minimum absolute atomic E-state index is 0.284. The van der Waals surface area contributed by atoms with E-state index in [1.165, 1.54) is 18.5 Å². The van der Waals surface area contributed by atoms with Gasteiger partial charge >= 0.3 is 0 Å². The van der Waals surface area contributed by atoms with E-state index in [9.17, 15) is 12.6 Å². The molecule has 1 aromatic carbocycles. The Labute approximate surface area is 129 Å². The molecular formula is C13H22N2O4S2. The van der Waals surface area contributed by atoms with Crippen LogP contribution in [0.15, 0.2) is 29.2 Å². The lowest BCUT2D eigenvalue weighted by molar-refractivity contribution is 0.184. The number of nitrogens with one attached hydrogen (secondary N) is 1. The van der Waals surface area contributed by atoms with Gasteiger partial charge in [-0.1, -0.05) is 12.1 Å². The molecule has 1 N–H and O–H groups in total. The van der Waals surface area contributed by atoms with E-state index in [4.69, 9.17) is 4.74 Å². The summed E-state index contributed by atoms with van der Waals surface area (Å²) in [5.41, 5.74) is 0.813. The van der Waals surface area contributed by atoms with Gasteiger partial charge in [-0.05, 0) is 24.6 Å². The number of hydrogen-bond donors (Lipinski definition) is 1. The van der Waals surface area contributed by atoms with Crippen LogP contribution in [0.25, 0.3) is 0 Å². The van der Waals surface area contributed by atoms with Gasteiger partial charge in [0.1, 0.15) is 0 Å². The molecule has 1 rings (SSSR count). The van der Waals surface area contributed by atoms with Crippen LogP contribution in [0.5, 0.6) is 0 Å². The minimum Gasteiger partial charge on any atom is -0.383 e. The van der Waals surface area contributed by atoms with Gasteiger partial charge in [0.2, 0.25) is 0 Å². The molecule has 0 amide bonds. The van der Waals surface area contributed by atoms with Crippen molar-refractivity contribution < 1.29 is 17.4 Å². The predicted molar refractivity (Wildman–Crippen MR) is 83.8 cm³/mol. The molecule has 0 aliphatic heterocycles. The Hall–Kier alpha value is -0.800. The zero-order valence-electron chi connectivity index (χ0n) is 12.7. The van der Waals surface area contributed by atoms with Crippen molar-refractivity contribution in [1.29, 1.82) is 0 Å². The summed E-state index contributed by atoms with van der Waals surface area (Å²) in [6.45, 7) is 2.38. The zero-order valence-corrected chi connectivity index (χ0v) is 14.3. The minimum atomic E-state index is -3.56. The Kier molecular flexibility index (Phi) is 6.95. The summed E-state index contributed by atoms with van der Waals surface area (Å²) in [4.78, 5) is 0.714. The molecule has 0 saturated carbocycles. The summed E-state index contributed by atoms with van der Waals surface area (Å²) in [5.74, 6) is 0. The van der Waals surface area contributed by atoms with Crippen molar-refractivity contribution >= 4 is 21.0 Å². The van der Waals surface area contributed by atoms with E-state index >= 15 is 0 Å². The van der Waals surface area contributed by atoms with E-state index in [2.05, 4.69) is 4.72 Å². The summed E-state index contributed by atoms with van der Waals surface area (Å²) >= 11 is 0. The first-order valence-corrected chi connectivity index (χ1v) is 9.43. The normalized spacial score (nSPS) is 15.1. The van der Waals surface area contributed by atoms with Gasteiger partial charge in [-0.15, -0.1) is 0 Å². The number of hydrogen-bond acceptors (Lipinski definition) is 4. The molecule has 0 heterocycles. The quantitative estimate of drug-likeness (QED) is 0.766. The topological polar surface area (TPSA) is 75.7 Å². The number of likely N-dealkylation sites (N-methyl/N-ethyl adjacent to an activating group) is 1. The van der Waals surface area contributed by atoms with Gasteiger partial charge in [-0.25, -0.2) is 0 Å². The number of methoxy groups -OCH3 is 1. The molecule has 0 aliphatic carbocycles. The van der Waals surface area contributed by atoms with Gasteiger partial charge in [-0.2, -0.15) is 17.4 Å². The molecule has 21 heavy (non-hydrogen) atoms. The van der Waals surface area contributed by atoms with E-state index in [0.717, 1.165) is 5.56 Å².